The minimum absolute atomic E-state index is 0.219. The van der Waals surface area contributed by atoms with Crippen molar-refractivity contribution in [2.24, 2.45) is 11.5 Å². The van der Waals surface area contributed by atoms with Crippen LogP contribution in [0.5, 0.6) is 0 Å². The molecule has 0 heterocycles. The number of nitrogens with two attached hydrogens (primary N) is 2. The Morgan fingerprint density at radius 3 is 2.53 bits per heavy atom. The Labute approximate surface area is 89.6 Å². The molecule has 1 rings (SSSR count). The maximum atomic E-state index is 11.6. The molecule has 82 valence electrons. The number of benzene rings is 1. The van der Waals surface area contributed by atoms with Gasteiger partial charge in [-0.3, -0.25) is 4.79 Å². The summed E-state index contributed by atoms with van der Waals surface area (Å²) in [5, 5.41) is 2.76. The Hall–Kier alpha value is -1.39. The van der Waals surface area contributed by atoms with Crippen molar-refractivity contribution in [2.45, 2.75) is 25.9 Å². The van der Waals surface area contributed by atoms with Crippen molar-refractivity contribution >= 4 is 11.6 Å². The standard InChI is InChI=1S/C11H17N3O/c1-11(2,13)10(15)14-9-6-4-3-5-8(9)7-12/h3-6H,7,12-13H2,1-2H3,(H,14,15). The Bertz CT molecular complexity index is 355. The van der Waals surface area contributed by atoms with Crippen LogP contribution in [0.2, 0.25) is 0 Å². The van der Waals surface area contributed by atoms with Crippen LogP contribution < -0.4 is 16.8 Å². The molecule has 0 aliphatic rings. The zero-order valence-corrected chi connectivity index (χ0v) is 9.08. The van der Waals surface area contributed by atoms with E-state index >= 15 is 0 Å². The number of carbonyl (C=O) groups is 1. The molecule has 1 aromatic carbocycles. The van der Waals surface area contributed by atoms with Gasteiger partial charge in [-0.05, 0) is 25.5 Å². The molecule has 0 saturated heterocycles. The number of carbonyl (C=O) groups excluding carboxylic acids is 1. The average molecular weight is 207 g/mol. The number of hydrogen-bond donors (Lipinski definition) is 3. The molecule has 5 N–H and O–H groups in total. The van der Waals surface area contributed by atoms with Crippen LogP contribution in [-0.2, 0) is 11.3 Å². The highest BCUT2D eigenvalue weighted by molar-refractivity contribution is 5.97. The van der Waals surface area contributed by atoms with Crippen LogP contribution in [0.15, 0.2) is 24.3 Å². The molecule has 4 nitrogen and oxygen atoms in total. The Morgan fingerprint density at radius 2 is 2.00 bits per heavy atom. The first-order valence-electron chi connectivity index (χ1n) is 4.83. The first-order valence-corrected chi connectivity index (χ1v) is 4.83. The van der Waals surface area contributed by atoms with Gasteiger partial charge in [-0.15, -0.1) is 0 Å². The largest absolute Gasteiger partial charge is 0.326 e. The molecule has 0 unspecified atom stereocenters. The molecule has 1 aromatic rings. The van der Waals surface area contributed by atoms with Crippen LogP contribution in [0.1, 0.15) is 19.4 Å². The van der Waals surface area contributed by atoms with E-state index in [1.165, 1.54) is 0 Å². The summed E-state index contributed by atoms with van der Waals surface area (Å²) in [6.07, 6.45) is 0. The summed E-state index contributed by atoms with van der Waals surface area (Å²) < 4.78 is 0. The molecular formula is C11H17N3O. The van der Waals surface area contributed by atoms with Gasteiger partial charge in [-0.1, -0.05) is 18.2 Å². The molecule has 0 saturated carbocycles. The van der Waals surface area contributed by atoms with E-state index < -0.39 is 5.54 Å². The van der Waals surface area contributed by atoms with E-state index in [1.807, 2.05) is 24.3 Å². The van der Waals surface area contributed by atoms with E-state index in [0.717, 1.165) is 11.3 Å². The third kappa shape index (κ3) is 3.04. The zero-order valence-electron chi connectivity index (χ0n) is 9.08. The van der Waals surface area contributed by atoms with Crippen LogP contribution in [0.4, 0.5) is 5.69 Å². The number of amides is 1. The highest BCUT2D eigenvalue weighted by atomic mass is 16.2. The lowest BCUT2D eigenvalue weighted by atomic mass is 10.1. The van der Waals surface area contributed by atoms with Gasteiger partial charge in [0, 0.05) is 12.2 Å². The fourth-order valence-corrected chi connectivity index (χ4v) is 1.10. The summed E-state index contributed by atoms with van der Waals surface area (Å²) in [6, 6.07) is 7.41. The maximum Gasteiger partial charge on any atom is 0.243 e. The van der Waals surface area contributed by atoms with Crippen molar-refractivity contribution in [3.8, 4) is 0 Å². The van der Waals surface area contributed by atoms with Gasteiger partial charge in [-0.25, -0.2) is 0 Å². The molecule has 0 aliphatic heterocycles. The lowest BCUT2D eigenvalue weighted by molar-refractivity contribution is -0.120. The van der Waals surface area contributed by atoms with Gasteiger partial charge in [0.25, 0.3) is 0 Å². The predicted octanol–water partition coefficient (Wildman–Crippen LogP) is 0.821. The summed E-state index contributed by atoms with van der Waals surface area (Å²) >= 11 is 0. The number of anilines is 1. The summed E-state index contributed by atoms with van der Waals surface area (Å²) in [6.45, 7) is 3.71. The second-order valence-electron chi connectivity index (χ2n) is 4.04. The van der Waals surface area contributed by atoms with Crippen molar-refractivity contribution in [3.63, 3.8) is 0 Å². The fourth-order valence-electron chi connectivity index (χ4n) is 1.10. The number of hydrogen-bond acceptors (Lipinski definition) is 3. The van der Waals surface area contributed by atoms with Gasteiger partial charge < -0.3 is 16.8 Å². The topological polar surface area (TPSA) is 81.1 Å². The van der Waals surface area contributed by atoms with E-state index in [9.17, 15) is 4.79 Å². The number of rotatable bonds is 3. The lowest BCUT2D eigenvalue weighted by Crippen LogP contribution is -2.45. The second kappa shape index (κ2) is 4.42. The van der Waals surface area contributed by atoms with Gasteiger partial charge in [0.05, 0.1) is 5.54 Å². The quantitative estimate of drug-likeness (QED) is 0.686. The molecule has 0 radical (unpaired) electrons. The maximum absolute atomic E-state index is 11.6. The molecule has 0 atom stereocenters. The molecule has 4 heteroatoms. The van der Waals surface area contributed by atoms with E-state index in [4.69, 9.17) is 11.5 Å². The highest BCUT2D eigenvalue weighted by Crippen LogP contribution is 2.15. The van der Waals surface area contributed by atoms with E-state index in [0.29, 0.717) is 6.54 Å². The Balaban J connectivity index is 2.85. The van der Waals surface area contributed by atoms with E-state index in [-0.39, 0.29) is 5.91 Å². The Morgan fingerprint density at radius 1 is 1.40 bits per heavy atom. The van der Waals surface area contributed by atoms with Crippen LogP contribution in [-0.4, -0.2) is 11.4 Å². The smallest absolute Gasteiger partial charge is 0.243 e. The van der Waals surface area contributed by atoms with Crippen molar-refractivity contribution in [2.75, 3.05) is 5.32 Å². The highest BCUT2D eigenvalue weighted by Gasteiger charge is 2.22. The van der Waals surface area contributed by atoms with Gasteiger partial charge >= 0.3 is 0 Å². The van der Waals surface area contributed by atoms with Crippen LogP contribution >= 0.6 is 0 Å². The van der Waals surface area contributed by atoms with Crippen LogP contribution in [0, 0.1) is 0 Å². The van der Waals surface area contributed by atoms with E-state index in [2.05, 4.69) is 5.32 Å². The molecule has 0 aliphatic carbocycles. The molecule has 0 spiro atoms. The SMILES string of the molecule is CC(C)(N)C(=O)Nc1ccccc1CN. The van der Waals surface area contributed by atoms with Crippen molar-refractivity contribution < 1.29 is 4.79 Å². The van der Waals surface area contributed by atoms with Crippen molar-refractivity contribution in [1.82, 2.24) is 0 Å². The summed E-state index contributed by atoms with van der Waals surface area (Å²) in [5.41, 5.74) is 12.0. The van der Waals surface area contributed by atoms with E-state index in [1.54, 1.807) is 13.8 Å². The van der Waals surface area contributed by atoms with Gasteiger partial charge in [0.15, 0.2) is 0 Å². The summed E-state index contributed by atoms with van der Waals surface area (Å²) in [4.78, 5) is 11.6. The van der Waals surface area contributed by atoms with Crippen molar-refractivity contribution in [3.05, 3.63) is 29.8 Å². The first kappa shape index (κ1) is 11.7. The molecule has 0 fully saturated rings. The molecule has 0 bridgehead atoms. The lowest BCUT2D eigenvalue weighted by Gasteiger charge is -2.19. The molecule has 1 amide bonds. The third-order valence-electron chi connectivity index (χ3n) is 2.07. The average Bonchev–Trinajstić information content (AvgIpc) is 2.17. The van der Waals surface area contributed by atoms with Crippen molar-refractivity contribution in [1.29, 1.82) is 0 Å². The fraction of sp³-hybridized carbons (Fsp3) is 0.364. The minimum atomic E-state index is -0.887. The van der Waals surface area contributed by atoms with Gasteiger partial charge in [-0.2, -0.15) is 0 Å². The summed E-state index contributed by atoms with van der Waals surface area (Å²) in [7, 11) is 0. The summed E-state index contributed by atoms with van der Waals surface area (Å²) in [5.74, 6) is -0.219. The van der Waals surface area contributed by atoms with Gasteiger partial charge in [0.1, 0.15) is 0 Å². The monoisotopic (exact) mass is 207 g/mol. The number of para-hydroxylation sites is 1. The van der Waals surface area contributed by atoms with Gasteiger partial charge in [0.2, 0.25) is 5.91 Å². The zero-order chi connectivity index (χ0) is 11.5. The minimum Gasteiger partial charge on any atom is -0.326 e. The molecule has 15 heavy (non-hydrogen) atoms. The van der Waals surface area contributed by atoms with Crippen LogP contribution in [0.3, 0.4) is 0 Å². The third-order valence-corrected chi connectivity index (χ3v) is 2.07. The number of nitrogens with one attached hydrogen (secondary N) is 1. The second-order valence-corrected chi connectivity index (χ2v) is 4.04. The molecule has 0 aromatic heterocycles. The molecular weight excluding hydrogens is 190 g/mol. The predicted molar refractivity (Wildman–Crippen MR) is 61.2 cm³/mol. The Kier molecular flexibility index (Phi) is 3.44. The normalized spacial score (nSPS) is 11.2. The first-order chi connectivity index (χ1) is 6.95. The van der Waals surface area contributed by atoms with Crippen LogP contribution in [0.25, 0.3) is 0 Å².